The zero-order valence-electron chi connectivity index (χ0n) is 14.5. The Bertz CT molecular complexity index is 523. The first kappa shape index (κ1) is 20.7. The highest BCUT2D eigenvalue weighted by molar-refractivity contribution is 14.0. The second-order valence-corrected chi connectivity index (χ2v) is 5.65. The van der Waals surface area contributed by atoms with Crippen LogP contribution in [-0.4, -0.2) is 54.0 Å². The highest BCUT2D eigenvalue weighted by Gasteiger charge is 2.25. The fourth-order valence-electron chi connectivity index (χ4n) is 2.67. The summed E-state index contributed by atoms with van der Waals surface area (Å²) in [6.45, 7) is 7.06. The van der Waals surface area contributed by atoms with Gasteiger partial charge in [0, 0.05) is 57.0 Å². The molecule has 0 aliphatic carbocycles. The topological polar surface area (TPSA) is 69.6 Å². The average Bonchev–Trinajstić information content (AvgIpc) is 3.04. The van der Waals surface area contributed by atoms with Gasteiger partial charge in [0.25, 0.3) is 0 Å². The standard InChI is InChI=1S/C17H27N5O.HI/c1-3-16(23)22-12-9-15(13-22)21-17(18-4-2)20-11-8-14-7-5-6-10-19-14;/h5-7,10,15H,3-4,8-9,11-13H2,1-2H3,(H2,18,20,21);1H. The monoisotopic (exact) mass is 445 g/mol. The maximum atomic E-state index is 11.7. The van der Waals surface area contributed by atoms with E-state index >= 15 is 0 Å². The molecule has 1 unspecified atom stereocenters. The molecule has 2 heterocycles. The van der Waals surface area contributed by atoms with Crippen molar-refractivity contribution in [3.05, 3.63) is 30.1 Å². The number of amides is 1. The van der Waals surface area contributed by atoms with Gasteiger partial charge in [0.1, 0.15) is 0 Å². The molecule has 7 heteroatoms. The van der Waals surface area contributed by atoms with E-state index < -0.39 is 0 Å². The van der Waals surface area contributed by atoms with Crippen molar-refractivity contribution in [3.63, 3.8) is 0 Å². The number of halogens is 1. The van der Waals surface area contributed by atoms with Gasteiger partial charge in [-0.1, -0.05) is 13.0 Å². The SMILES string of the molecule is CCNC(=NCCc1ccccn1)NC1CCN(C(=O)CC)C1.I. The van der Waals surface area contributed by atoms with Gasteiger partial charge in [-0.05, 0) is 25.5 Å². The fraction of sp³-hybridized carbons (Fsp3) is 0.588. The molecule has 0 radical (unpaired) electrons. The number of guanidine groups is 1. The number of nitrogens with one attached hydrogen (secondary N) is 2. The Morgan fingerprint density at radius 2 is 2.25 bits per heavy atom. The molecule has 0 bridgehead atoms. The minimum Gasteiger partial charge on any atom is -0.357 e. The minimum atomic E-state index is 0. The van der Waals surface area contributed by atoms with Gasteiger partial charge < -0.3 is 15.5 Å². The van der Waals surface area contributed by atoms with Gasteiger partial charge in [0.15, 0.2) is 5.96 Å². The Balaban J connectivity index is 0.00000288. The molecule has 1 aromatic heterocycles. The summed E-state index contributed by atoms with van der Waals surface area (Å²) in [6, 6.07) is 6.20. The quantitative estimate of drug-likeness (QED) is 0.398. The van der Waals surface area contributed by atoms with E-state index in [1.54, 1.807) is 6.20 Å². The van der Waals surface area contributed by atoms with E-state index in [2.05, 4.69) is 27.5 Å². The van der Waals surface area contributed by atoms with Gasteiger partial charge >= 0.3 is 0 Å². The molecule has 6 nitrogen and oxygen atoms in total. The van der Waals surface area contributed by atoms with Crippen LogP contribution in [-0.2, 0) is 11.2 Å². The zero-order chi connectivity index (χ0) is 16.5. The van der Waals surface area contributed by atoms with E-state index in [9.17, 15) is 4.79 Å². The number of hydrogen-bond donors (Lipinski definition) is 2. The number of hydrogen-bond acceptors (Lipinski definition) is 3. The molecule has 1 aliphatic rings. The number of carbonyl (C=O) groups is 1. The third kappa shape index (κ3) is 6.62. The van der Waals surface area contributed by atoms with E-state index in [-0.39, 0.29) is 35.9 Å². The summed E-state index contributed by atoms with van der Waals surface area (Å²) < 4.78 is 0. The zero-order valence-corrected chi connectivity index (χ0v) is 16.8. The molecule has 1 atom stereocenters. The lowest BCUT2D eigenvalue weighted by molar-refractivity contribution is -0.129. The number of likely N-dealkylation sites (tertiary alicyclic amines) is 1. The third-order valence-electron chi connectivity index (χ3n) is 3.89. The van der Waals surface area contributed by atoms with Crippen molar-refractivity contribution in [2.45, 2.75) is 39.2 Å². The molecule has 0 saturated carbocycles. The molecule has 1 amide bonds. The van der Waals surface area contributed by atoms with Crippen molar-refractivity contribution >= 4 is 35.8 Å². The van der Waals surface area contributed by atoms with E-state index in [0.717, 1.165) is 44.1 Å². The molecule has 24 heavy (non-hydrogen) atoms. The maximum absolute atomic E-state index is 11.7. The number of carbonyl (C=O) groups excluding carboxylic acids is 1. The number of nitrogens with zero attached hydrogens (tertiary/aromatic N) is 3. The Kier molecular flexibility index (Phi) is 9.66. The van der Waals surface area contributed by atoms with Crippen LogP contribution in [0.2, 0.25) is 0 Å². The van der Waals surface area contributed by atoms with Gasteiger partial charge in [-0.15, -0.1) is 24.0 Å². The fourth-order valence-corrected chi connectivity index (χ4v) is 2.67. The molecule has 2 rings (SSSR count). The molecule has 0 spiro atoms. The second kappa shape index (κ2) is 11.2. The minimum absolute atomic E-state index is 0. The van der Waals surface area contributed by atoms with Gasteiger partial charge in [0.05, 0.1) is 0 Å². The Morgan fingerprint density at radius 3 is 2.92 bits per heavy atom. The first-order valence-electron chi connectivity index (χ1n) is 8.45. The lowest BCUT2D eigenvalue weighted by Gasteiger charge is -2.18. The van der Waals surface area contributed by atoms with Crippen LogP contribution in [0.1, 0.15) is 32.4 Å². The molecule has 1 saturated heterocycles. The van der Waals surface area contributed by atoms with Crippen LogP contribution in [0.25, 0.3) is 0 Å². The van der Waals surface area contributed by atoms with Crippen LogP contribution in [0.4, 0.5) is 0 Å². The maximum Gasteiger partial charge on any atom is 0.222 e. The van der Waals surface area contributed by atoms with Crippen molar-refractivity contribution in [1.82, 2.24) is 20.5 Å². The summed E-state index contributed by atoms with van der Waals surface area (Å²) in [6.07, 6.45) is 4.17. The molecular formula is C17H28IN5O. The molecule has 2 N–H and O–H groups in total. The predicted octanol–water partition coefficient (Wildman–Crippen LogP) is 1.81. The summed E-state index contributed by atoms with van der Waals surface area (Å²) in [5.74, 6) is 1.05. The summed E-state index contributed by atoms with van der Waals surface area (Å²) in [5.41, 5.74) is 1.05. The highest BCUT2D eigenvalue weighted by Crippen LogP contribution is 2.10. The van der Waals surface area contributed by atoms with Gasteiger partial charge in [-0.3, -0.25) is 14.8 Å². The molecule has 1 aliphatic heterocycles. The van der Waals surface area contributed by atoms with Crippen LogP contribution in [0.15, 0.2) is 29.4 Å². The first-order valence-corrected chi connectivity index (χ1v) is 8.45. The smallest absolute Gasteiger partial charge is 0.222 e. The summed E-state index contributed by atoms with van der Waals surface area (Å²) in [7, 11) is 0. The van der Waals surface area contributed by atoms with E-state index in [1.165, 1.54) is 0 Å². The third-order valence-corrected chi connectivity index (χ3v) is 3.89. The van der Waals surface area contributed by atoms with Crippen LogP contribution in [0.5, 0.6) is 0 Å². The lowest BCUT2D eigenvalue weighted by Crippen LogP contribution is -2.45. The van der Waals surface area contributed by atoms with Crippen molar-refractivity contribution in [2.75, 3.05) is 26.2 Å². The van der Waals surface area contributed by atoms with Gasteiger partial charge in [0.2, 0.25) is 5.91 Å². The average molecular weight is 445 g/mol. The molecule has 1 aromatic rings. The molecular weight excluding hydrogens is 417 g/mol. The summed E-state index contributed by atoms with van der Waals surface area (Å²) >= 11 is 0. The van der Waals surface area contributed by atoms with Crippen molar-refractivity contribution in [2.24, 2.45) is 4.99 Å². The van der Waals surface area contributed by atoms with Crippen LogP contribution < -0.4 is 10.6 Å². The lowest BCUT2D eigenvalue weighted by atomic mass is 10.2. The number of aromatic nitrogens is 1. The highest BCUT2D eigenvalue weighted by atomic mass is 127. The van der Waals surface area contributed by atoms with E-state index in [4.69, 9.17) is 0 Å². The number of pyridine rings is 1. The molecule has 134 valence electrons. The summed E-state index contributed by atoms with van der Waals surface area (Å²) in [5, 5.41) is 6.71. The second-order valence-electron chi connectivity index (χ2n) is 5.65. The Hall–Kier alpha value is -1.38. The van der Waals surface area contributed by atoms with Crippen LogP contribution >= 0.6 is 24.0 Å². The van der Waals surface area contributed by atoms with Crippen LogP contribution in [0, 0.1) is 0 Å². The van der Waals surface area contributed by atoms with Crippen molar-refractivity contribution in [3.8, 4) is 0 Å². The van der Waals surface area contributed by atoms with Gasteiger partial charge in [-0.25, -0.2) is 0 Å². The van der Waals surface area contributed by atoms with Crippen molar-refractivity contribution < 1.29 is 4.79 Å². The van der Waals surface area contributed by atoms with Crippen molar-refractivity contribution in [1.29, 1.82) is 0 Å². The predicted molar refractivity (Wildman–Crippen MR) is 108 cm³/mol. The summed E-state index contributed by atoms with van der Waals surface area (Å²) in [4.78, 5) is 22.6. The molecule has 1 fully saturated rings. The largest absolute Gasteiger partial charge is 0.357 e. The molecule has 0 aromatic carbocycles. The Labute approximate surface area is 161 Å². The first-order chi connectivity index (χ1) is 11.2. The van der Waals surface area contributed by atoms with E-state index in [0.29, 0.717) is 13.0 Å². The van der Waals surface area contributed by atoms with Crippen LogP contribution in [0.3, 0.4) is 0 Å². The number of rotatable bonds is 6. The Morgan fingerprint density at radius 1 is 1.42 bits per heavy atom. The number of aliphatic imine (C=N–C) groups is 1. The normalized spacial score (nSPS) is 17.3. The van der Waals surface area contributed by atoms with Gasteiger partial charge in [-0.2, -0.15) is 0 Å². The van der Waals surface area contributed by atoms with E-state index in [1.807, 2.05) is 30.0 Å².